The molecule has 0 spiro atoms. The summed E-state index contributed by atoms with van der Waals surface area (Å²) in [7, 11) is 0. The Labute approximate surface area is 84.7 Å². The van der Waals surface area contributed by atoms with E-state index in [1.54, 1.807) is 12.1 Å². The molecule has 0 radical (unpaired) electrons. The lowest BCUT2D eigenvalue weighted by molar-refractivity contribution is 0.474. The van der Waals surface area contributed by atoms with Crippen LogP contribution < -0.4 is 11.5 Å². The molecule has 0 amide bonds. The second-order valence-electron chi connectivity index (χ2n) is 3.54. The molecule has 5 N–H and O–H groups in total. The largest absolute Gasteiger partial charge is 0.508 e. The van der Waals surface area contributed by atoms with Crippen LogP contribution in [0.25, 0.3) is 0 Å². The van der Waals surface area contributed by atoms with E-state index in [9.17, 15) is 0 Å². The maximum atomic E-state index is 9.09. The summed E-state index contributed by atoms with van der Waals surface area (Å²) in [6.45, 7) is 1.29. The van der Waals surface area contributed by atoms with Gasteiger partial charge in [-0.3, -0.25) is 0 Å². The van der Waals surface area contributed by atoms with Crippen molar-refractivity contribution < 1.29 is 5.11 Å². The Morgan fingerprint density at radius 2 is 1.64 bits per heavy atom. The molecule has 0 saturated heterocycles. The molecule has 0 atom stereocenters. The van der Waals surface area contributed by atoms with E-state index in [2.05, 4.69) is 0 Å². The fraction of sp³-hybridized carbons (Fsp3) is 0.455. The maximum absolute atomic E-state index is 9.09. The van der Waals surface area contributed by atoms with Crippen LogP contribution in [-0.2, 0) is 6.42 Å². The smallest absolute Gasteiger partial charge is 0.115 e. The van der Waals surface area contributed by atoms with Crippen LogP contribution in [-0.4, -0.2) is 18.2 Å². The summed E-state index contributed by atoms with van der Waals surface area (Å²) in [6.07, 6.45) is 1.98. The summed E-state index contributed by atoms with van der Waals surface area (Å²) < 4.78 is 0. The molecule has 0 aliphatic carbocycles. The van der Waals surface area contributed by atoms with Crippen molar-refractivity contribution in [2.45, 2.75) is 12.8 Å². The highest BCUT2D eigenvalue weighted by atomic mass is 16.3. The number of rotatable bonds is 5. The van der Waals surface area contributed by atoms with Crippen molar-refractivity contribution in [1.29, 1.82) is 0 Å². The molecule has 3 nitrogen and oxygen atoms in total. The number of hydrogen-bond donors (Lipinski definition) is 3. The van der Waals surface area contributed by atoms with Crippen LogP contribution in [0, 0.1) is 5.92 Å². The topological polar surface area (TPSA) is 72.3 Å². The van der Waals surface area contributed by atoms with Crippen LogP contribution in [0.15, 0.2) is 24.3 Å². The minimum absolute atomic E-state index is 0.308. The average Bonchev–Trinajstić information content (AvgIpc) is 2.22. The summed E-state index contributed by atoms with van der Waals surface area (Å²) in [4.78, 5) is 0. The molecule has 0 unspecified atom stereocenters. The Bertz CT molecular complexity index is 254. The third-order valence-corrected chi connectivity index (χ3v) is 2.44. The van der Waals surface area contributed by atoms with Crippen molar-refractivity contribution in [1.82, 2.24) is 0 Å². The second kappa shape index (κ2) is 5.62. The first kappa shape index (κ1) is 11.0. The van der Waals surface area contributed by atoms with Crippen LogP contribution >= 0.6 is 0 Å². The lowest BCUT2D eigenvalue weighted by atomic mass is 10.00. The predicted molar refractivity (Wildman–Crippen MR) is 58.0 cm³/mol. The fourth-order valence-corrected chi connectivity index (χ4v) is 1.37. The van der Waals surface area contributed by atoms with Gasteiger partial charge >= 0.3 is 0 Å². The van der Waals surface area contributed by atoms with Gasteiger partial charge in [0.2, 0.25) is 0 Å². The van der Waals surface area contributed by atoms with Gasteiger partial charge in [0.05, 0.1) is 0 Å². The fourth-order valence-electron chi connectivity index (χ4n) is 1.37. The number of hydrogen-bond acceptors (Lipinski definition) is 3. The van der Waals surface area contributed by atoms with Gasteiger partial charge in [-0.2, -0.15) is 0 Å². The van der Waals surface area contributed by atoms with Crippen LogP contribution in [0.2, 0.25) is 0 Å². The molecule has 0 aliphatic rings. The molecule has 78 valence electrons. The van der Waals surface area contributed by atoms with Crippen molar-refractivity contribution in [2.24, 2.45) is 17.4 Å². The molecule has 0 aromatic heterocycles. The SMILES string of the molecule is NCC(CN)CCc1ccc(O)cc1. The molecule has 1 rings (SSSR count). The third kappa shape index (κ3) is 3.36. The summed E-state index contributed by atoms with van der Waals surface area (Å²) in [5.74, 6) is 0.715. The van der Waals surface area contributed by atoms with Gasteiger partial charge in [-0.15, -0.1) is 0 Å². The third-order valence-electron chi connectivity index (χ3n) is 2.44. The molecule has 0 fully saturated rings. The van der Waals surface area contributed by atoms with Crippen molar-refractivity contribution in [3.63, 3.8) is 0 Å². The first-order valence-electron chi connectivity index (χ1n) is 4.94. The standard InChI is InChI=1S/C11H18N2O/c12-7-10(8-13)2-1-9-3-5-11(14)6-4-9/h3-6,10,14H,1-2,7-8,12-13H2. The molecule has 0 bridgehead atoms. The van der Waals surface area contributed by atoms with Crippen LogP contribution in [0.1, 0.15) is 12.0 Å². The summed E-state index contributed by atoms with van der Waals surface area (Å²) in [6, 6.07) is 7.27. The molecule has 14 heavy (non-hydrogen) atoms. The number of benzene rings is 1. The lowest BCUT2D eigenvalue weighted by Gasteiger charge is -2.11. The highest BCUT2D eigenvalue weighted by Gasteiger charge is 2.03. The average molecular weight is 194 g/mol. The van der Waals surface area contributed by atoms with Gasteiger partial charge in [-0.25, -0.2) is 0 Å². The Morgan fingerprint density at radius 3 is 2.14 bits per heavy atom. The molecular formula is C11H18N2O. The Kier molecular flexibility index (Phi) is 4.43. The van der Waals surface area contributed by atoms with Crippen molar-refractivity contribution in [3.8, 4) is 5.75 Å². The van der Waals surface area contributed by atoms with E-state index in [-0.39, 0.29) is 0 Å². The number of aromatic hydroxyl groups is 1. The zero-order valence-electron chi connectivity index (χ0n) is 8.32. The zero-order chi connectivity index (χ0) is 10.4. The van der Waals surface area contributed by atoms with E-state index >= 15 is 0 Å². The molecule has 0 heterocycles. The van der Waals surface area contributed by atoms with Crippen LogP contribution in [0.3, 0.4) is 0 Å². The van der Waals surface area contributed by atoms with Gasteiger partial charge in [0.1, 0.15) is 5.75 Å². The summed E-state index contributed by atoms with van der Waals surface area (Å²) >= 11 is 0. The van der Waals surface area contributed by atoms with E-state index in [1.807, 2.05) is 12.1 Å². The van der Waals surface area contributed by atoms with E-state index in [0.717, 1.165) is 12.8 Å². The quantitative estimate of drug-likeness (QED) is 0.651. The Hall–Kier alpha value is -1.06. The molecule has 1 aromatic carbocycles. The van der Waals surface area contributed by atoms with Gasteiger partial charge in [-0.1, -0.05) is 12.1 Å². The van der Waals surface area contributed by atoms with Crippen molar-refractivity contribution in [3.05, 3.63) is 29.8 Å². The van der Waals surface area contributed by atoms with E-state index in [0.29, 0.717) is 24.8 Å². The number of nitrogens with two attached hydrogens (primary N) is 2. The predicted octanol–water partition coefficient (Wildman–Crippen LogP) is 0.858. The van der Waals surface area contributed by atoms with Gasteiger partial charge in [0, 0.05) is 0 Å². The molecule has 0 saturated carbocycles. The van der Waals surface area contributed by atoms with E-state index < -0.39 is 0 Å². The van der Waals surface area contributed by atoms with Crippen molar-refractivity contribution in [2.75, 3.05) is 13.1 Å². The Morgan fingerprint density at radius 1 is 1.07 bits per heavy atom. The second-order valence-corrected chi connectivity index (χ2v) is 3.54. The number of phenols is 1. The van der Waals surface area contributed by atoms with Gasteiger partial charge in [-0.05, 0) is 49.5 Å². The van der Waals surface area contributed by atoms with E-state index in [1.165, 1.54) is 5.56 Å². The van der Waals surface area contributed by atoms with E-state index in [4.69, 9.17) is 16.6 Å². The lowest BCUT2D eigenvalue weighted by Crippen LogP contribution is -2.23. The zero-order valence-corrected chi connectivity index (χ0v) is 8.32. The highest BCUT2D eigenvalue weighted by Crippen LogP contribution is 2.13. The first-order chi connectivity index (χ1) is 6.76. The molecule has 3 heteroatoms. The Balaban J connectivity index is 2.41. The van der Waals surface area contributed by atoms with Gasteiger partial charge in [0.25, 0.3) is 0 Å². The molecule has 1 aromatic rings. The number of aryl methyl sites for hydroxylation is 1. The van der Waals surface area contributed by atoms with Gasteiger partial charge < -0.3 is 16.6 Å². The minimum Gasteiger partial charge on any atom is -0.508 e. The van der Waals surface area contributed by atoms with Gasteiger partial charge in [0.15, 0.2) is 0 Å². The van der Waals surface area contributed by atoms with Crippen LogP contribution in [0.5, 0.6) is 5.75 Å². The number of phenolic OH excluding ortho intramolecular Hbond substituents is 1. The summed E-state index contributed by atoms with van der Waals surface area (Å²) in [5, 5.41) is 9.09. The minimum atomic E-state index is 0.308. The van der Waals surface area contributed by atoms with Crippen molar-refractivity contribution >= 4 is 0 Å². The highest BCUT2D eigenvalue weighted by molar-refractivity contribution is 5.25. The first-order valence-corrected chi connectivity index (χ1v) is 4.94. The molecule has 0 aliphatic heterocycles. The van der Waals surface area contributed by atoms with Crippen LogP contribution in [0.4, 0.5) is 0 Å². The normalized spacial score (nSPS) is 10.8. The monoisotopic (exact) mass is 194 g/mol. The maximum Gasteiger partial charge on any atom is 0.115 e. The summed E-state index contributed by atoms with van der Waals surface area (Å²) in [5.41, 5.74) is 12.3. The molecular weight excluding hydrogens is 176 g/mol.